The van der Waals surface area contributed by atoms with Crippen LogP contribution in [-0.4, -0.2) is 26.3 Å². The molecular formula is C15H22BrNO2S. The molecule has 20 heavy (non-hydrogen) atoms. The second-order valence-corrected chi connectivity index (χ2v) is 8.60. The quantitative estimate of drug-likeness (QED) is 0.815. The Morgan fingerprint density at radius 2 is 1.90 bits per heavy atom. The summed E-state index contributed by atoms with van der Waals surface area (Å²) in [5.41, 5.74) is 0.942. The Morgan fingerprint density at radius 1 is 1.25 bits per heavy atom. The Morgan fingerprint density at radius 3 is 2.50 bits per heavy atom. The Labute approximate surface area is 130 Å². The van der Waals surface area contributed by atoms with Crippen molar-refractivity contribution in [3.63, 3.8) is 0 Å². The maximum Gasteiger partial charge on any atom is 0.242 e. The third-order valence-corrected chi connectivity index (χ3v) is 6.79. The summed E-state index contributed by atoms with van der Waals surface area (Å²) >= 11 is 3.40. The zero-order valence-electron chi connectivity index (χ0n) is 12.1. The molecule has 0 atom stereocenters. The smallest absolute Gasteiger partial charge is 0.207 e. The van der Waals surface area contributed by atoms with Crippen molar-refractivity contribution in [2.75, 3.05) is 13.6 Å². The molecule has 1 fully saturated rings. The zero-order valence-corrected chi connectivity index (χ0v) is 14.5. The van der Waals surface area contributed by atoms with Gasteiger partial charge in [0.15, 0.2) is 0 Å². The molecule has 1 saturated carbocycles. The number of hydrogen-bond acceptors (Lipinski definition) is 2. The van der Waals surface area contributed by atoms with Gasteiger partial charge in [-0.3, -0.25) is 0 Å². The van der Waals surface area contributed by atoms with E-state index >= 15 is 0 Å². The van der Waals surface area contributed by atoms with Gasteiger partial charge in [-0.05, 0) is 49.4 Å². The van der Waals surface area contributed by atoms with Crippen LogP contribution in [0.25, 0.3) is 0 Å². The Kier molecular flexibility index (Phi) is 5.26. The maximum absolute atomic E-state index is 12.6. The van der Waals surface area contributed by atoms with Gasteiger partial charge in [-0.15, -0.1) is 0 Å². The molecule has 2 rings (SSSR count). The zero-order chi connectivity index (χ0) is 14.8. The van der Waals surface area contributed by atoms with Crippen LogP contribution >= 0.6 is 15.9 Å². The molecular weight excluding hydrogens is 338 g/mol. The van der Waals surface area contributed by atoms with Crippen molar-refractivity contribution < 1.29 is 8.42 Å². The highest BCUT2D eigenvalue weighted by Gasteiger charge is 2.25. The lowest BCUT2D eigenvalue weighted by atomic mass is 9.89. The van der Waals surface area contributed by atoms with Gasteiger partial charge in [0, 0.05) is 18.1 Å². The average molecular weight is 360 g/mol. The standard InChI is InChI=1S/C15H22BrNO2S/c1-12-10-14(8-9-15(12)16)20(18,19)17(2)11-13-6-4-3-5-7-13/h8-10,13H,3-7,11H2,1-2H3. The van der Waals surface area contributed by atoms with Crippen LogP contribution in [0.5, 0.6) is 0 Å². The molecule has 0 N–H and O–H groups in total. The number of halogens is 1. The molecule has 5 heteroatoms. The maximum atomic E-state index is 12.6. The van der Waals surface area contributed by atoms with Crippen LogP contribution in [0, 0.1) is 12.8 Å². The molecule has 0 amide bonds. The highest BCUT2D eigenvalue weighted by Crippen LogP contribution is 2.27. The van der Waals surface area contributed by atoms with Crippen molar-refractivity contribution in [3.8, 4) is 0 Å². The summed E-state index contributed by atoms with van der Waals surface area (Å²) in [7, 11) is -1.67. The van der Waals surface area contributed by atoms with E-state index in [4.69, 9.17) is 0 Å². The Bertz CT molecular complexity index is 565. The molecule has 1 aliphatic rings. The summed E-state index contributed by atoms with van der Waals surface area (Å²) in [4.78, 5) is 0.386. The van der Waals surface area contributed by atoms with Gasteiger partial charge in [0.1, 0.15) is 0 Å². The minimum atomic E-state index is -3.37. The molecule has 3 nitrogen and oxygen atoms in total. The number of rotatable bonds is 4. The van der Waals surface area contributed by atoms with Crippen LogP contribution in [0.15, 0.2) is 27.6 Å². The lowest BCUT2D eigenvalue weighted by Crippen LogP contribution is -2.32. The second-order valence-electron chi connectivity index (χ2n) is 5.70. The third kappa shape index (κ3) is 3.62. The van der Waals surface area contributed by atoms with E-state index in [9.17, 15) is 8.42 Å². The molecule has 0 aromatic heterocycles. The first kappa shape index (κ1) is 16.0. The molecule has 0 unspecified atom stereocenters. The lowest BCUT2D eigenvalue weighted by Gasteiger charge is -2.26. The minimum Gasteiger partial charge on any atom is -0.207 e. The first-order chi connectivity index (χ1) is 9.41. The molecule has 0 aliphatic heterocycles. The van der Waals surface area contributed by atoms with Crippen LogP contribution in [0.2, 0.25) is 0 Å². The third-order valence-electron chi connectivity index (χ3n) is 4.08. The van der Waals surface area contributed by atoms with E-state index < -0.39 is 10.0 Å². The normalized spacial score (nSPS) is 17.6. The van der Waals surface area contributed by atoms with E-state index in [-0.39, 0.29) is 0 Å². The lowest BCUT2D eigenvalue weighted by molar-refractivity contribution is 0.300. The molecule has 0 spiro atoms. The molecule has 1 aliphatic carbocycles. The first-order valence-electron chi connectivity index (χ1n) is 7.14. The summed E-state index contributed by atoms with van der Waals surface area (Å²) < 4.78 is 27.6. The molecule has 0 bridgehead atoms. The molecule has 0 heterocycles. The van der Waals surface area contributed by atoms with Crippen LogP contribution in [0.1, 0.15) is 37.7 Å². The monoisotopic (exact) mass is 359 g/mol. The molecule has 1 aromatic carbocycles. The number of hydrogen-bond donors (Lipinski definition) is 0. The van der Waals surface area contributed by atoms with Gasteiger partial charge >= 0.3 is 0 Å². The number of nitrogens with zero attached hydrogens (tertiary/aromatic N) is 1. The number of sulfonamides is 1. The first-order valence-corrected chi connectivity index (χ1v) is 9.37. The largest absolute Gasteiger partial charge is 0.242 e. The van der Waals surface area contributed by atoms with Crippen LogP contribution in [0.3, 0.4) is 0 Å². The molecule has 1 aromatic rings. The van der Waals surface area contributed by atoms with Gasteiger partial charge in [-0.25, -0.2) is 12.7 Å². The topological polar surface area (TPSA) is 37.4 Å². The van der Waals surface area contributed by atoms with Crippen molar-refractivity contribution in [1.82, 2.24) is 4.31 Å². The van der Waals surface area contributed by atoms with E-state index in [2.05, 4.69) is 15.9 Å². The van der Waals surface area contributed by atoms with Crippen LogP contribution in [0.4, 0.5) is 0 Å². The van der Waals surface area contributed by atoms with Crippen molar-refractivity contribution in [2.24, 2.45) is 5.92 Å². The predicted octanol–water partition coefficient (Wildman–Crippen LogP) is 3.96. The summed E-state index contributed by atoms with van der Waals surface area (Å²) in [6, 6.07) is 5.21. The van der Waals surface area contributed by atoms with Gasteiger partial charge in [-0.2, -0.15) is 0 Å². The highest BCUT2D eigenvalue weighted by atomic mass is 79.9. The fraction of sp³-hybridized carbons (Fsp3) is 0.600. The average Bonchev–Trinajstić information content (AvgIpc) is 2.42. The second kappa shape index (κ2) is 6.58. The van der Waals surface area contributed by atoms with Crippen molar-refractivity contribution >= 4 is 26.0 Å². The predicted molar refractivity (Wildman–Crippen MR) is 85.3 cm³/mol. The van der Waals surface area contributed by atoms with Crippen molar-refractivity contribution in [3.05, 3.63) is 28.2 Å². The number of benzene rings is 1. The summed E-state index contributed by atoms with van der Waals surface area (Å²) in [6.45, 7) is 2.54. The van der Waals surface area contributed by atoms with Gasteiger partial charge < -0.3 is 0 Å². The van der Waals surface area contributed by atoms with Gasteiger partial charge in [0.2, 0.25) is 10.0 Å². The fourth-order valence-electron chi connectivity index (χ4n) is 2.79. The summed E-state index contributed by atoms with van der Waals surface area (Å²) in [5.74, 6) is 0.514. The van der Waals surface area contributed by atoms with Gasteiger partial charge in [0.05, 0.1) is 4.90 Å². The van der Waals surface area contributed by atoms with E-state index in [0.29, 0.717) is 17.4 Å². The Balaban J connectivity index is 2.13. The highest BCUT2D eigenvalue weighted by molar-refractivity contribution is 9.10. The molecule has 0 saturated heterocycles. The van der Waals surface area contributed by atoms with Crippen LogP contribution < -0.4 is 0 Å². The number of aryl methyl sites for hydroxylation is 1. The van der Waals surface area contributed by atoms with E-state index in [1.165, 1.54) is 23.6 Å². The van der Waals surface area contributed by atoms with Crippen molar-refractivity contribution in [1.29, 1.82) is 0 Å². The van der Waals surface area contributed by atoms with Crippen molar-refractivity contribution in [2.45, 2.75) is 43.9 Å². The summed E-state index contributed by atoms with van der Waals surface area (Å²) in [5, 5.41) is 0. The minimum absolute atomic E-state index is 0.386. The van der Waals surface area contributed by atoms with Gasteiger partial charge in [-0.1, -0.05) is 35.2 Å². The molecule has 112 valence electrons. The van der Waals surface area contributed by atoms with Gasteiger partial charge in [0.25, 0.3) is 0 Å². The fourth-order valence-corrected chi connectivity index (χ4v) is 4.37. The van der Waals surface area contributed by atoms with Crippen LogP contribution in [-0.2, 0) is 10.0 Å². The van der Waals surface area contributed by atoms with E-state index in [1.54, 1.807) is 25.2 Å². The Hall–Kier alpha value is -0.390. The summed E-state index contributed by atoms with van der Waals surface area (Å²) in [6.07, 6.45) is 6.06. The SMILES string of the molecule is Cc1cc(S(=O)(=O)N(C)CC2CCCCC2)ccc1Br. The molecule has 0 radical (unpaired) electrons. The van der Waals surface area contributed by atoms with E-state index in [1.807, 2.05) is 6.92 Å². The van der Waals surface area contributed by atoms with E-state index in [0.717, 1.165) is 22.9 Å².